The van der Waals surface area contributed by atoms with Crippen molar-refractivity contribution in [2.45, 2.75) is 0 Å². The Bertz CT molecular complexity index is 3220. The number of benzene rings is 8. The lowest BCUT2D eigenvalue weighted by Gasteiger charge is -2.12. The lowest BCUT2D eigenvalue weighted by atomic mass is 9.98. The molecule has 3 heterocycles. The smallest absolute Gasteiger partial charge is 0.164 e. The van der Waals surface area contributed by atoms with Gasteiger partial charge >= 0.3 is 0 Å². The Kier molecular flexibility index (Phi) is 7.00. The second-order valence-electron chi connectivity index (χ2n) is 13.6. The van der Waals surface area contributed by atoms with Crippen LogP contribution in [0.5, 0.6) is 0 Å². The molecule has 0 atom stereocenters. The van der Waals surface area contributed by atoms with Crippen LogP contribution < -0.4 is 0 Å². The average molecular weight is 708 g/mol. The van der Waals surface area contributed by atoms with Crippen LogP contribution in [0, 0.1) is 0 Å². The van der Waals surface area contributed by atoms with E-state index in [1.54, 1.807) is 11.3 Å². The van der Waals surface area contributed by atoms with Gasteiger partial charge in [0.05, 0.1) is 0 Å². The number of fused-ring (bicyclic) bond motifs is 7. The molecule has 0 unspecified atom stereocenters. The van der Waals surface area contributed by atoms with E-state index in [-0.39, 0.29) is 0 Å². The highest BCUT2D eigenvalue weighted by molar-refractivity contribution is 7.25. The van der Waals surface area contributed by atoms with Gasteiger partial charge in [0.25, 0.3) is 0 Å². The normalized spacial score (nSPS) is 11.7. The molecule has 5 heteroatoms. The summed E-state index contributed by atoms with van der Waals surface area (Å²) in [7, 11) is 0. The van der Waals surface area contributed by atoms with Gasteiger partial charge in [0.2, 0.25) is 0 Å². The summed E-state index contributed by atoms with van der Waals surface area (Å²) in [5.74, 6) is 1.85. The molecule has 3 aromatic heterocycles. The first-order valence-electron chi connectivity index (χ1n) is 18.0. The largest absolute Gasteiger partial charge is 0.456 e. The van der Waals surface area contributed by atoms with E-state index < -0.39 is 0 Å². The van der Waals surface area contributed by atoms with E-state index >= 15 is 0 Å². The van der Waals surface area contributed by atoms with Gasteiger partial charge in [-0.05, 0) is 75.5 Å². The molecule has 0 amide bonds. The minimum Gasteiger partial charge on any atom is -0.456 e. The van der Waals surface area contributed by atoms with Gasteiger partial charge in [0, 0.05) is 47.6 Å². The number of hydrogen-bond donors (Lipinski definition) is 0. The molecule has 0 bridgehead atoms. The van der Waals surface area contributed by atoms with Crippen LogP contribution in [0.2, 0.25) is 0 Å². The number of para-hydroxylation sites is 1. The highest BCUT2D eigenvalue weighted by Crippen LogP contribution is 2.42. The van der Waals surface area contributed by atoms with E-state index in [1.165, 1.54) is 25.9 Å². The molecular weight excluding hydrogens is 679 g/mol. The summed E-state index contributed by atoms with van der Waals surface area (Å²) < 4.78 is 8.96. The van der Waals surface area contributed by atoms with Gasteiger partial charge in [0.1, 0.15) is 11.2 Å². The quantitative estimate of drug-likeness (QED) is 0.179. The zero-order valence-corrected chi connectivity index (χ0v) is 29.7. The van der Waals surface area contributed by atoms with Gasteiger partial charge in [-0.1, -0.05) is 133 Å². The minimum atomic E-state index is 0.598. The standard InChI is InChI=1S/C49H29N3OS/c1-3-12-30(13-4-1)32-22-23-34-27-35(25-24-33(34)26-32)47-50-48(39-18-11-21-44-46(39)38-17-8-10-20-43(38)54-44)52-49(51-47)40-28-36(31-14-5-2-6-15-31)29-42-45(40)37-16-7-9-19-41(37)53-42/h1-29H. The van der Waals surface area contributed by atoms with Gasteiger partial charge in [-0.3, -0.25) is 0 Å². The number of furan rings is 1. The van der Waals surface area contributed by atoms with Crippen LogP contribution in [0.1, 0.15) is 0 Å². The van der Waals surface area contributed by atoms with Gasteiger partial charge in [-0.15, -0.1) is 11.3 Å². The van der Waals surface area contributed by atoms with Crippen LogP contribution in [0.25, 0.3) is 109 Å². The molecule has 0 aliphatic carbocycles. The van der Waals surface area contributed by atoms with Crippen molar-refractivity contribution in [1.29, 1.82) is 0 Å². The first-order chi connectivity index (χ1) is 26.7. The zero-order chi connectivity index (χ0) is 35.6. The molecule has 0 saturated heterocycles. The summed E-state index contributed by atoms with van der Waals surface area (Å²) in [4.78, 5) is 15.9. The first kappa shape index (κ1) is 30.7. The summed E-state index contributed by atoms with van der Waals surface area (Å²) in [5.41, 5.74) is 8.94. The lowest BCUT2D eigenvalue weighted by molar-refractivity contribution is 0.669. The van der Waals surface area contributed by atoms with E-state index in [4.69, 9.17) is 19.4 Å². The van der Waals surface area contributed by atoms with E-state index in [1.807, 2.05) is 24.3 Å². The highest BCUT2D eigenvalue weighted by Gasteiger charge is 2.21. The predicted molar refractivity (Wildman–Crippen MR) is 225 cm³/mol. The van der Waals surface area contributed by atoms with Crippen LogP contribution in [-0.4, -0.2) is 15.0 Å². The van der Waals surface area contributed by atoms with Crippen LogP contribution in [0.15, 0.2) is 180 Å². The second-order valence-corrected chi connectivity index (χ2v) is 14.7. The Labute approximate surface area is 314 Å². The van der Waals surface area contributed by atoms with Gasteiger partial charge < -0.3 is 4.42 Å². The summed E-state index contributed by atoms with van der Waals surface area (Å²) in [6.07, 6.45) is 0. The molecule has 8 aromatic carbocycles. The van der Waals surface area contributed by atoms with Crippen molar-refractivity contribution in [3.8, 4) is 56.4 Å². The monoisotopic (exact) mass is 707 g/mol. The maximum atomic E-state index is 6.52. The second kappa shape index (κ2) is 12.3. The van der Waals surface area contributed by atoms with Crippen molar-refractivity contribution in [2.24, 2.45) is 0 Å². The van der Waals surface area contributed by atoms with E-state index in [9.17, 15) is 0 Å². The van der Waals surface area contributed by atoms with Gasteiger partial charge in [0.15, 0.2) is 17.5 Å². The molecule has 4 nitrogen and oxygen atoms in total. The Morgan fingerprint density at radius 1 is 0.352 bits per heavy atom. The minimum absolute atomic E-state index is 0.598. The summed E-state index contributed by atoms with van der Waals surface area (Å²) in [6.45, 7) is 0. The van der Waals surface area contributed by atoms with Crippen LogP contribution >= 0.6 is 11.3 Å². The van der Waals surface area contributed by atoms with Crippen LogP contribution in [0.4, 0.5) is 0 Å². The van der Waals surface area contributed by atoms with Crippen LogP contribution in [0.3, 0.4) is 0 Å². The van der Waals surface area contributed by atoms with Gasteiger partial charge in [-0.2, -0.15) is 0 Å². The first-order valence-corrected chi connectivity index (χ1v) is 18.8. The van der Waals surface area contributed by atoms with E-state index in [2.05, 4.69) is 152 Å². The van der Waals surface area contributed by atoms with Crippen molar-refractivity contribution in [1.82, 2.24) is 15.0 Å². The molecule has 54 heavy (non-hydrogen) atoms. The molecule has 0 aliphatic heterocycles. The number of rotatable bonds is 5. The molecule has 0 radical (unpaired) electrons. The Morgan fingerprint density at radius 2 is 0.963 bits per heavy atom. The lowest BCUT2D eigenvalue weighted by Crippen LogP contribution is -2.01. The Hall–Kier alpha value is -6.95. The maximum Gasteiger partial charge on any atom is 0.164 e. The third-order valence-corrected chi connectivity index (χ3v) is 11.4. The highest BCUT2D eigenvalue weighted by atomic mass is 32.1. The van der Waals surface area contributed by atoms with Crippen molar-refractivity contribution in [3.05, 3.63) is 176 Å². The molecule has 0 saturated carbocycles. The van der Waals surface area contributed by atoms with Crippen molar-refractivity contribution < 1.29 is 4.42 Å². The molecule has 11 rings (SSSR count). The van der Waals surface area contributed by atoms with Gasteiger partial charge in [-0.25, -0.2) is 15.0 Å². The fourth-order valence-corrected chi connectivity index (χ4v) is 8.86. The fourth-order valence-electron chi connectivity index (χ4n) is 7.73. The summed E-state index contributed by atoms with van der Waals surface area (Å²) >= 11 is 1.79. The Balaban J connectivity index is 1.18. The molecule has 0 fully saturated rings. The number of thiophene rings is 1. The number of nitrogens with zero attached hydrogens (tertiary/aromatic N) is 3. The molecule has 0 N–H and O–H groups in total. The SMILES string of the molecule is c1ccc(-c2ccc3cc(-c4nc(-c5cc(-c6ccccc6)cc6oc7ccccc7c56)nc(-c5cccc6sc7ccccc7c56)n4)ccc3c2)cc1. The topological polar surface area (TPSA) is 51.8 Å². The van der Waals surface area contributed by atoms with Crippen molar-refractivity contribution in [2.75, 3.05) is 0 Å². The Morgan fingerprint density at radius 3 is 1.76 bits per heavy atom. The molecule has 0 aliphatic rings. The number of aromatic nitrogens is 3. The molecule has 252 valence electrons. The van der Waals surface area contributed by atoms with E-state index in [0.717, 1.165) is 65.9 Å². The van der Waals surface area contributed by atoms with Crippen molar-refractivity contribution >= 4 is 64.2 Å². The summed E-state index contributed by atoms with van der Waals surface area (Å²) in [5, 5.41) is 6.65. The summed E-state index contributed by atoms with van der Waals surface area (Å²) in [6, 6.07) is 61.5. The predicted octanol–water partition coefficient (Wildman–Crippen LogP) is 13.6. The third-order valence-electron chi connectivity index (χ3n) is 10.3. The van der Waals surface area contributed by atoms with E-state index in [0.29, 0.717) is 17.5 Å². The third kappa shape index (κ3) is 5.09. The molecule has 0 spiro atoms. The molecule has 11 aromatic rings. The average Bonchev–Trinajstić information content (AvgIpc) is 3.82. The maximum absolute atomic E-state index is 6.52. The number of hydrogen-bond acceptors (Lipinski definition) is 5. The fraction of sp³-hybridized carbons (Fsp3) is 0. The van der Waals surface area contributed by atoms with Crippen molar-refractivity contribution in [3.63, 3.8) is 0 Å². The molecular formula is C49H29N3OS. The van der Waals surface area contributed by atoms with Crippen LogP contribution in [-0.2, 0) is 0 Å². The zero-order valence-electron chi connectivity index (χ0n) is 28.9.